The highest BCUT2D eigenvalue weighted by molar-refractivity contribution is 8.45. The summed E-state index contributed by atoms with van der Waals surface area (Å²) in [6, 6.07) is 1.64. The van der Waals surface area contributed by atoms with E-state index in [1.54, 1.807) is 6.07 Å². The number of nitrogens with zero attached hydrogens (tertiary/aromatic N) is 3. The molecule has 0 spiro atoms. The van der Waals surface area contributed by atoms with Crippen LogP contribution < -0.4 is 11.5 Å². The zero-order valence-corrected chi connectivity index (χ0v) is 16.4. The molecule has 0 saturated heterocycles. The maximum atomic E-state index is 13.0. The predicted molar refractivity (Wildman–Crippen MR) is 96.3 cm³/mol. The van der Waals surface area contributed by atoms with Gasteiger partial charge in [-0.3, -0.25) is 4.79 Å². The largest absolute Gasteiger partial charge is 0.383 e. The maximum Gasteiger partial charge on any atom is 0.310 e. The Bertz CT molecular complexity index is 1040. The van der Waals surface area contributed by atoms with Gasteiger partial charge in [0, 0.05) is 5.56 Å². The highest BCUT2D eigenvalue weighted by Crippen LogP contribution is 3.02. The highest BCUT2D eigenvalue weighted by atomic mass is 35.5. The van der Waals surface area contributed by atoms with Crippen LogP contribution in [0.25, 0.3) is 5.69 Å². The predicted octanol–water partition coefficient (Wildman–Crippen LogP) is 5.05. The molecule has 0 bridgehead atoms. The zero-order valence-electron chi connectivity index (χ0n) is 14.1. The van der Waals surface area contributed by atoms with E-state index in [-0.39, 0.29) is 29.2 Å². The Kier molecular flexibility index (Phi) is 4.45. The van der Waals surface area contributed by atoms with Crippen molar-refractivity contribution in [1.29, 1.82) is 5.26 Å². The fraction of sp³-hybridized carbons (Fsp3) is 0.214. The molecular weight excluding hydrogens is 452 g/mol. The Morgan fingerprint density at radius 3 is 2.04 bits per heavy atom. The summed E-state index contributed by atoms with van der Waals surface area (Å²) in [5.74, 6) is -1.24. The van der Waals surface area contributed by atoms with Crippen LogP contribution in [0.15, 0.2) is 17.0 Å². The normalized spacial score (nSPS) is 14.9. The molecule has 0 saturated carbocycles. The van der Waals surface area contributed by atoms with Gasteiger partial charge < -0.3 is 11.5 Å². The van der Waals surface area contributed by atoms with E-state index < -0.39 is 42.2 Å². The standard InChI is InChI=1S/C14H12Cl2F5N5OS/c1-14(2,13(24)27)10-9(5-22)25-26(12(10)23)11-7(15)3-6(4-8(11)16)28(17,18,19,20)21/h3-4H,23H2,1-2H3,(H2,24,27). The lowest BCUT2D eigenvalue weighted by Crippen LogP contribution is -2.36. The molecule has 1 heterocycles. The maximum absolute atomic E-state index is 13.0. The van der Waals surface area contributed by atoms with Crippen molar-refractivity contribution in [2.45, 2.75) is 24.2 Å². The Labute approximate surface area is 165 Å². The molecule has 28 heavy (non-hydrogen) atoms. The number of aromatic nitrogens is 2. The number of hydrogen-bond donors (Lipinski definition) is 2. The summed E-state index contributed by atoms with van der Waals surface area (Å²) >= 11 is 11.5. The molecule has 2 aromatic rings. The molecule has 1 aromatic carbocycles. The first-order valence-electron chi connectivity index (χ1n) is 7.13. The second-order valence-corrected chi connectivity index (χ2v) is 9.55. The average molecular weight is 464 g/mol. The molecule has 0 unspecified atom stereocenters. The number of halogens is 7. The molecule has 0 aliphatic rings. The minimum Gasteiger partial charge on any atom is -0.383 e. The van der Waals surface area contributed by atoms with Gasteiger partial charge in [-0.25, -0.2) is 4.68 Å². The van der Waals surface area contributed by atoms with E-state index in [1.165, 1.54) is 13.8 Å². The Hall–Kier alpha value is -2.23. The van der Waals surface area contributed by atoms with E-state index in [0.29, 0.717) is 4.68 Å². The van der Waals surface area contributed by atoms with Gasteiger partial charge in [0.15, 0.2) is 5.69 Å². The summed E-state index contributed by atoms with van der Waals surface area (Å²) in [5, 5.41) is 11.4. The van der Waals surface area contributed by atoms with Crippen LogP contribution in [0.4, 0.5) is 25.2 Å². The second kappa shape index (κ2) is 5.65. The minimum absolute atomic E-state index is 0.0175. The number of nitrogens with two attached hydrogens (primary N) is 2. The Balaban J connectivity index is 2.84. The van der Waals surface area contributed by atoms with Crippen molar-refractivity contribution in [3.8, 4) is 11.8 Å². The molecule has 154 valence electrons. The summed E-state index contributed by atoms with van der Waals surface area (Å²) in [6.07, 6.45) is 0. The number of carbonyl (C=O) groups excluding carboxylic acids is 1. The topological polar surface area (TPSA) is 111 Å². The summed E-state index contributed by atoms with van der Waals surface area (Å²) in [7, 11) is -10.1. The first-order chi connectivity index (χ1) is 12.3. The quantitative estimate of drug-likeness (QED) is 0.617. The van der Waals surface area contributed by atoms with Crippen molar-refractivity contribution in [1.82, 2.24) is 9.78 Å². The number of amides is 1. The number of hydrogen-bond acceptors (Lipinski definition) is 4. The molecule has 0 fully saturated rings. The molecule has 14 heteroatoms. The van der Waals surface area contributed by atoms with Gasteiger partial charge in [0.25, 0.3) is 0 Å². The number of nitriles is 1. The van der Waals surface area contributed by atoms with Crippen molar-refractivity contribution < 1.29 is 24.2 Å². The van der Waals surface area contributed by atoms with Crippen LogP contribution >= 0.6 is 33.4 Å². The van der Waals surface area contributed by atoms with Crippen molar-refractivity contribution in [2.24, 2.45) is 5.73 Å². The average Bonchev–Trinajstić information content (AvgIpc) is 2.81. The molecule has 4 N–H and O–H groups in total. The van der Waals surface area contributed by atoms with Gasteiger partial charge in [-0.1, -0.05) is 42.6 Å². The van der Waals surface area contributed by atoms with Gasteiger partial charge in [-0.2, -0.15) is 10.4 Å². The van der Waals surface area contributed by atoms with Crippen LogP contribution in [0.2, 0.25) is 10.0 Å². The van der Waals surface area contributed by atoms with E-state index in [2.05, 4.69) is 5.10 Å². The molecular formula is C14H12Cl2F5N5OS. The number of rotatable bonds is 4. The molecule has 1 amide bonds. The van der Waals surface area contributed by atoms with Crippen LogP contribution in [0.1, 0.15) is 25.1 Å². The molecule has 0 radical (unpaired) electrons. The Morgan fingerprint density at radius 1 is 1.21 bits per heavy atom. The minimum atomic E-state index is -10.1. The fourth-order valence-electron chi connectivity index (χ4n) is 2.39. The zero-order chi connectivity index (χ0) is 21.9. The number of nitrogen functional groups attached to an aromatic ring is 1. The molecule has 0 aliphatic heterocycles. The third kappa shape index (κ3) is 3.69. The summed E-state index contributed by atoms with van der Waals surface area (Å²) in [6.45, 7) is 2.68. The number of benzene rings is 1. The van der Waals surface area contributed by atoms with E-state index in [0.717, 1.165) is 0 Å². The van der Waals surface area contributed by atoms with Crippen molar-refractivity contribution in [2.75, 3.05) is 5.73 Å². The lowest BCUT2D eigenvalue weighted by molar-refractivity contribution is -0.122. The number of primary amides is 1. The van der Waals surface area contributed by atoms with Crippen molar-refractivity contribution in [3.05, 3.63) is 33.4 Å². The van der Waals surface area contributed by atoms with E-state index in [1.807, 2.05) is 0 Å². The van der Waals surface area contributed by atoms with Crippen LogP contribution in [0.3, 0.4) is 0 Å². The van der Waals surface area contributed by atoms with Crippen molar-refractivity contribution in [3.63, 3.8) is 0 Å². The third-order valence-electron chi connectivity index (χ3n) is 3.92. The van der Waals surface area contributed by atoms with Gasteiger partial charge >= 0.3 is 10.2 Å². The summed E-state index contributed by atoms with van der Waals surface area (Å²) < 4.78 is 65.8. The Morgan fingerprint density at radius 2 is 1.68 bits per heavy atom. The third-order valence-corrected chi connectivity index (χ3v) is 5.62. The lowest BCUT2D eigenvalue weighted by atomic mass is 9.83. The molecule has 0 atom stereocenters. The van der Waals surface area contributed by atoms with Crippen LogP contribution in [-0.4, -0.2) is 15.7 Å². The smallest absolute Gasteiger partial charge is 0.310 e. The molecule has 6 nitrogen and oxygen atoms in total. The molecule has 0 aliphatic carbocycles. The van der Waals surface area contributed by atoms with Crippen molar-refractivity contribution >= 4 is 45.2 Å². The number of carbonyl (C=O) groups is 1. The summed E-state index contributed by atoms with van der Waals surface area (Å²) in [4.78, 5) is 9.41. The van der Waals surface area contributed by atoms with E-state index >= 15 is 0 Å². The second-order valence-electron chi connectivity index (χ2n) is 6.33. The van der Waals surface area contributed by atoms with E-state index in [9.17, 15) is 29.5 Å². The van der Waals surface area contributed by atoms with E-state index in [4.69, 9.17) is 34.7 Å². The van der Waals surface area contributed by atoms with Crippen LogP contribution in [-0.2, 0) is 10.2 Å². The highest BCUT2D eigenvalue weighted by Gasteiger charge is 2.65. The van der Waals surface area contributed by atoms with Gasteiger partial charge in [-0.15, -0.1) is 0 Å². The van der Waals surface area contributed by atoms with Crippen LogP contribution in [0, 0.1) is 11.3 Å². The monoisotopic (exact) mass is 463 g/mol. The van der Waals surface area contributed by atoms with Gasteiger partial charge in [0.05, 0.1) is 15.5 Å². The molecule has 2 rings (SSSR count). The van der Waals surface area contributed by atoms with Gasteiger partial charge in [0.2, 0.25) is 5.91 Å². The lowest BCUT2D eigenvalue weighted by Gasteiger charge is -2.40. The SMILES string of the molecule is CC(C)(C(N)=O)c1c(C#N)nn(-c2c(Cl)cc(S(F)(F)(F)(F)F)cc2Cl)c1N. The van der Waals surface area contributed by atoms with Gasteiger partial charge in [0.1, 0.15) is 22.5 Å². The fourth-order valence-corrected chi connectivity index (χ4v) is 3.84. The summed E-state index contributed by atoms with van der Waals surface area (Å²) in [5.41, 5.74) is 8.76. The number of anilines is 1. The van der Waals surface area contributed by atoms with Gasteiger partial charge in [-0.05, 0) is 26.0 Å². The first-order valence-corrected chi connectivity index (χ1v) is 9.84. The molecule has 1 aromatic heterocycles. The first kappa shape index (κ1) is 22.1. The van der Waals surface area contributed by atoms with Crippen LogP contribution in [0.5, 0.6) is 0 Å².